The summed E-state index contributed by atoms with van der Waals surface area (Å²) in [5.41, 5.74) is 9.03. The topological polar surface area (TPSA) is 72.9 Å². The second-order valence-electron chi connectivity index (χ2n) is 5.27. The van der Waals surface area contributed by atoms with Crippen molar-refractivity contribution in [2.24, 2.45) is 0 Å². The molecule has 2 rings (SSSR count). The summed E-state index contributed by atoms with van der Waals surface area (Å²) in [5, 5.41) is 7.78. The van der Waals surface area contributed by atoms with Crippen LogP contribution in [0.25, 0.3) is 0 Å². The number of nitrogen functional groups attached to an aromatic ring is 1. The Labute approximate surface area is 129 Å². The van der Waals surface area contributed by atoms with Crippen molar-refractivity contribution in [3.05, 3.63) is 40.2 Å². The predicted octanol–water partition coefficient (Wildman–Crippen LogP) is 3.57. The fraction of sp³-hybridized carbons (Fsp3) is 0.333. The number of anilines is 2. The second kappa shape index (κ2) is 5.77. The molecule has 0 saturated carbocycles. The molecule has 6 heteroatoms. The Morgan fingerprint density at radius 2 is 2.05 bits per heavy atom. The maximum absolute atomic E-state index is 12.3. The van der Waals surface area contributed by atoms with Gasteiger partial charge in [0, 0.05) is 11.6 Å². The van der Waals surface area contributed by atoms with E-state index in [1.165, 1.54) is 0 Å². The first-order valence-corrected chi connectivity index (χ1v) is 7.11. The monoisotopic (exact) mass is 306 g/mol. The first-order valence-electron chi connectivity index (χ1n) is 6.73. The van der Waals surface area contributed by atoms with Gasteiger partial charge in [0.1, 0.15) is 0 Å². The molecule has 0 spiro atoms. The molecule has 0 atom stereocenters. The van der Waals surface area contributed by atoms with E-state index in [-0.39, 0.29) is 11.9 Å². The van der Waals surface area contributed by atoms with Crippen LogP contribution in [0.2, 0.25) is 5.02 Å². The molecular weight excluding hydrogens is 288 g/mol. The molecule has 0 aliphatic heterocycles. The van der Waals surface area contributed by atoms with Crippen LogP contribution in [0.1, 0.15) is 41.6 Å². The number of carbonyl (C=O) groups excluding carboxylic acids is 1. The lowest BCUT2D eigenvalue weighted by Gasteiger charge is -2.10. The lowest BCUT2D eigenvalue weighted by molar-refractivity contribution is 0.102. The summed E-state index contributed by atoms with van der Waals surface area (Å²) in [6.07, 6.45) is 0. The average Bonchev–Trinajstić information content (AvgIpc) is 2.70. The molecule has 0 bridgehead atoms. The van der Waals surface area contributed by atoms with E-state index in [0.29, 0.717) is 16.3 Å². The highest BCUT2D eigenvalue weighted by Gasteiger charge is 2.16. The average molecular weight is 307 g/mol. The molecule has 1 aromatic heterocycles. The van der Waals surface area contributed by atoms with E-state index in [4.69, 9.17) is 17.3 Å². The van der Waals surface area contributed by atoms with Crippen LogP contribution in [0, 0.1) is 13.8 Å². The van der Waals surface area contributed by atoms with Crippen molar-refractivity contribution in [2.75, 3.05) is 11.1 Å². The molecule has 1 aromatic carbocycles. The number of benzene rings is 1. The Kier molecular flexibility index (Phi) is 4.23. The summed E-state index contributed by atoms with van der Waals surface area (Å²) in [5.74, 6) is -0.229. The third-order valence-electron chi connectivity index (χ3n) is 3.31. The SMILES string of the molecule is Cc1nn(C(C)C)c(C)c1NC(=O)c1ccc(Cl)c(N)c1. The smallest absolute Gasteiger partial charge is 0.255 e. The molecule has 21 heavy (non-hydrogen) atoms. The van der Waals surface area contributed by atoms with E-state index in [0.717, 1.165) is 17.1 Å². The summed E-state index contributed by atoms with van der Waals surface area (Å²) >= 11 is 5.86. The highest BCUT2D eigenvalue weighted by Crippen LogP contribution is 2.24. The number of rotatable bonds is 3. The molecule has 0 aliphatic rings. The van der Waals surface area contributed by atoms with Gasteiger partial charge in [0.05, 0.1) is 27.8 Å². The van der Waals surface area contributed by atoms with Gasteiger partial charge in [-0.15, -0.1) is 0 Å². The zero-order valence-corrected chi connectivity index (χ0v) is 13.3. The van der Waals surface area contributed by atoms with Gasteiger partial charge in [-0.05, 0) is 45.9 Å². The van der Waals surface area contributed by atoms with E-state index in [1.807, 2.05) is 32.4 Å². The third kappa shape index (κ3) is 3.03. The van der Waals surface area contributed by atoms with Crippen LogP contribution in [-0.4, -0.2) is 15.7 Å². The van der Waals surface area contributed by atoms with Gasteiger partial charge in [-0.1, -0.05) is 11.6 Å². The van der Waals surface area contributed by atoms with Crippen molar-refractivity contribution in [2.45, 2.75) is 33.7 Å². The van der Waals surface area contributed by atoms with E-state index < -0.39 is 0 Å². The van der Waals surface area contributed by atoms with Crippen LogP contribution in [0.15, 0.2) is 18.2 Å². The van der Waals surface area contributed by atoms with Crippen LogP contribution in [-0.2, 0) is 0 Å². The molecule has 112 valence electrons. The molecule has 1 heterocycles. The van der Waals surface area contributed by atoms with Crippen molar-refractivity contribution in [1.82, 2.24) is 9.78 Å². The highest BCUT2D eigenvalue weighted by atomic mass is 35.5. The highest BCUT2D eigenvalue weighted by molar-refractivity contribution is 6.33. The number of aryl methyl sites for hydroxylation is 1. The molecule has 5 nitrogen and oxygen atoms in total. The van der Waals surface area contributed by atoms with E-state index in [9.17, 15) is 4.79 Å². The lowest BCUT2D eigenvalue weighted by Crippen LogP contribution is -2.14. The van der Waals surface area contributed by atoms with Crippen LogP contribution >= 0.6 is 11.6 Å². The van der Waals surface area contributed by atoms with Gasteiger partial charge in [0.15, 0.2) is 0 Å². The summed E-state index contributed by atoms with van der Waals surface area (Å²) in [6.45, 7) is 7.90. The maximum atomic E-state index is 12.3. The van der Waals surface area contributed by atoms with Gasteiger partial charge in [-0.3, -0.25) is 9.48 Å². The number of halogens is 1. The normalized spacial score (nSPS) is 11.0. The quantitative estimate of drug-likeness (QED) is 0.851. The molecule has 0 aliphatic carbocycles. The number of hydrogen-bond acceptors (Lipinski definition) is 3. The number of nitrogens with one attached hydrogen (secondary N) is 1. The molecule has 1 amide bonds. The maximum Gasteiger partial charge on any atom is 0.255 e. The number of nitrogens with zero attached hydrogens (tertiary/aromatic N) is 2. The third-order valence-corrected chi connectivity index (χ3v) is 3.66. The first kappa shape index (κ1) is 15.4. The number of carbonyl (C=O) groups is 1. The van der Waals surface area contributed by atoms with E-state index in [2.05, 4.69) is 10.4 Å². The van der Waals surface area contributed by atoms with Gasteiger partial charge in [-0.25, -0.2) is 0 Å². The number of hydrogen-bond donors (Lipinski definition) is 2. The molecule has 3 N–H and O–H groups in total. The minimum absolute atomic E-state index is 0.229. The summed E-state index contributed by atoms with van der Waals surface area (Å²) < 4.78 is 1.89. The van der Waals surface area contributed by atoms with Gasteiger partial charge in [-0.2, -0.15) is 5.10 Å². The zero-order chi connectivity index (χ0) is 15.7. The minimum Gasteiger partial charge on any atom is -0.398 e. The molecule has 0 fully saturated rings. The largest absolute Gasteiger partial charge is 0.398 e. The Bertz CT molecular complexity index is 691. The minimum atomic E-state index is -0.229. The van der Waals surface area contributed by atoms with Crippen molar-refractivity contribution in [3.8, 4) is 0 Å². The zero-order valence-electron chi connectivity index (χ0n) is 12.6. The fourth-order valence-electron chi connectivity index (χ4n) is 2.22. The van der Waals surface area contributed by atoms with Crippen molar-refractivity contribution >= 4 is 28.9 Å². The van der Waals surface area contributed by atoms with E-state index >= 15 is 0 Å². The Hall–Kier alpha value is -2.01. The summed E-state index contributed by atoms with van der Waals surface area (Å²) in [4.78, 5) is 12.3. The molecule has 0 unspecified atom stereocenters. The summed E-state index contributed by atoms with van der Waals surface area (Å²) in [6, 6.07) is 5.06. The van der Waals surface area contributed by atoms with Gasteiger partial charge >= 0.3 is 0 Å². The predicted molar refractivity (Wildman–Crippen MR) is 85.9 cm³/mol. The van der Waals surface area contributed by atoms with Crippen LogP contribution in [0.3, 0.4) is 0 Å². The molecular formula is C15H19ClN4O. The second-order valence-corrected chi connectivity index (χ2v) is 5.68. The van der Waals surface area contributed by atoms with Gasteiger partial charge in [0.2, 0.25) is 0 Å². The van der Waals surface area contributed by atoms with Crippen LogP contribution < -0.4 is 11.1 Å². The fourth-order valence-corrected chi connectivity index (χ4v) is 2.33. The Morgan fingerprint density at radius 3 is 2.57 bits per heavy atom. The number of nitrogens with two attached hydrogens (primary N) is 1. The first-order chi connectivity index (χ1) is 9.81. The van der Waals surface area contributed by atoms with Crippen molar-refractivity contribution in [3.63, 3.8) is 0 Å². The van der Waals surface area contributed by atoms with Crippen molar-refractivity contribution in [1.29, 1.82) is 0 Å². The lowest BCUT2D eigenvalue weighted by atomic mass is 10.2. The Balaban J connectivity index is 2.29. The van der Waals surface area contributed by atoms with Crippen LogP contribution in [0.4, 0.5) is 11.4 Å². The van der Waals surface area contributed by atoms with Crippen molar-refractivity contribution < 1.29 is 4.79 Å². The number of aromatic nitrogens is 2. The standard InChI is InChI=1S/C15H19ClN4O/c1-8(2)20-10(4)14(9(3)19-20)18-15(21)11-5-6-12(16)13(17)7-11/h5-8H,17H2,1-4H3,(H,18,21). The molecule has 0 radical (unpaired) electrons. The van der Waals surface area contributed by atoms with Gasteiger partial charge < -0.3 is 11.1 Å². The molecule has 0 saturated heterocycles. The Morgan fingerprint density at radius 1 is 1.38 bits per heavy atom. The summed E-state index contributed by atoms with van der Waals surface area (Å²) in [7, 11) is 0. The van der Waals surface area contributed by atoms with Crippen LogP contribution in [0.5, 0.6) is 0 Å². The van der Waals surface area contributed by atoms with Gasteiger partial charge in [0.25, 0.3) is 5.91 Å². The van der Waals surface area contributed by atoms with E-state index in [1.54, 1.807) is 18.2 Å². The molecule has 2 aromatic rings. The number of amides is 1.